The summed E-state index contributed by atoms with van der Waals surface area (Å²) in [6, 6.07) is 3.47. The SMILES string of the molecule is COC(=O)c1cc(OC(C)C)c2nc(N3C[C@@H]4[C@H](C3)OC[C@@H]4O)sc2c1. The summed E-state index contributed by atoms with van der Waals surface area (Å²) in [5.74, 6) is 0.304. The van der Waals surface area contributed by atoms with Crippen LogP contribution < -0.4 is 9.64 Å². The Morgan fingerprint density at radius 3 is 2.92 bits per heavy atom. The molecule has 0 unspecified atom stereocenters. The fourth-order valence-electron chi connectivity index (χ4n) is 3.55. The minimum absolute atomic E-state index is 0.0362. The van der Waals surface area contributed by atoms with Crippen LogP contribution in [0, 0.1) is 5.92 Å². The van der Waals surface area contributed by atoms with Crippen LogP contribution in [0.4, 0.5) is 5.13 Å². The number of rotatable bonds is 4. The van der Waals surface area contributed by atoms with Gasteiger partial charge in [0.15, 0.2) is 5.13 Å². The third-order valence-electron chi connectivity index (χ3n) is 4.79. The second-order valence-corrected chi connectivity index (χ2v) is 7.99. The largest absolute Gasteiger partial charge is 0.489 e. The average Bonchev–Trinajstić information content (AvgIpc) is 3.28. The van der Waals surface area contributed by atoms with E-state index in [2.05, 4.69) is 4.90 Å². The molecule has 1 aromatic heterocycles. The average molecular weight is 378 g/mol. The number of nitrogens with zero attached hydrogens (tertiary/aromatic N) is 2. The third-order valence-corrected chi connectivity index (χ3v) is 5.85. The summed E-state index contributed by atoms with van der Waals surface area (Å²) in [5.41, 5.74) is 1.19. The lowest BCUT2D eigenvalue weighted by atomic mass is 10.0. The standard InChI is InChI=1S/C18H22N2O5S/c1-9(2)25-13-4-10(17(22)23-3)5-15-16(13)19-18(26-15)20-6-11-12(21)8-24-14(11)7-20/h4-5,9,11-12,14,21H,6-8H2,1-3H3/t11-,12-,14-/m0/s1. The molecular formula is C18H22N2O5S. The van der Waals surface area contributed by atoms with E-state index in [1.165, 1.54) is 18.4 Å². The number of esters is 1. The maximum atomic E-state index is 12.0. The highest BCUT2D eigenvalue weighted by molar-refractivity contribution is 7.22. The van der Waals surface area contributed by atoms with Crippen LogP contribution in [-0.4, -0.2) is 61.2 Å². The molecule has 3 heterocycles. The number of hydrogen-bond donors (Lipinski definition) is 1. The molecule has 0 spiro atoms. The molecule has 0 saturated carbocycles. The molecule has 3 atom stereocenters. The number of aromatic nitrogens is 1. The van der Waals surface area contributed by atoms with Gasteiger partial charge in [0, 0.05) is 19.0 Å². The van der Waals surface area contributed by atoms with Crippen molar-refractivity contribution in [3.63, 3.8) is 0 Å². The van der Waals surface area contributed by atoms with Gasteiger partial charge in [0.05, 0.1) is 42.3 Å². The van der Waals surface area contributed by atoms with Crippen molar-refractivity contribution < 1.29 is 24.1 Å². The second-order valence-electron chi connectivity index (χ2n) is 6.98. The number of ether oxygens (including phenoxy) is 3. The summed E-state index contributed by atoms with van der Waals surface area (Å²) in [6.45, 7) is 5.72. The maximum absolute atomic E-state index is 12.0. The van der Waals surface area contributed by atoms with Crippen LogP contribution in [0.15, 0.2) is 12.1 Å². The Kier molecular flexibility index (Phi) is 4.50. The van der Waals surface area contributed by atoms with Gasteiger partial charge in [-0.3, -0.25) is 0 Å². The Hall–Kier alpha value is -1.90. The summed E-state index contributed by atoms with van der Waals surface area (Å²) in [6.07, 6.45) is -0.398. The summed E-state index contributed by atoms with van der Waals surface area (Å²) in [7, 11) is 1.36. The predicted molar refractivity (Wildman–Crippen MR) is 98.2 cm³/mol. The fourth-order valence-corrected chi connectivity index (χ4v) is 4.59. The van der Waals surface area contributed by atoms with E-state index in [0.717, 1.165) is 21.9 Å². The van der Waals surface area contributed by atoms with Gasteiger partial charge < -0.3 is 24.2 Å². The predicted octanol–water partition coefficient (Wildman–Crippen LogP) is 2.07. The zero-order valence-electron chi connectivity index (χ0n) is 15.0. The molecule has 0 aliphatic carbocycles. The van der Waals surface area contributed by atoms with E-state index in [9.17, 15) is 9.90 Å². The zero-order chi connectivity index (χ0) is 18.4. The lowest BCUT2D eigenvalue weighted by molar-refractivity contribution is 0.0600. The van der Waals surface area contributed by atoms with E-state index < -0.39 is 12.1 Å². The Bertz CT molecular complexity index is 836. The maximum Gasteiger partial charge on any atom is 0.338 e. The first kappa shape index (κ1) is 17.5. The number of aliphatic hydroxyl groups excluding tert-OH is 1. The number of anilines is 1. The molecule has 2 saturated heterocycles. The van der Waals surface area contributed by atoms with Gasteiger partial charge in [-0.15, -0.1) is 0 Å². The molecule has 4 rings (SSSR count). The first-order valence-corrected chi connectivity index (χ1v) is 9.52. The molecule has 8 heteroatoms. The van der Waals surface area contributed by atoms with Crippen LogP contribution in [0.5, 0.6) is 5.75 Å². The minimum Gasteiger partial charge on any atom is -0.489 e. The van der Waals surface area contributed by atoms with Crippen molar-refractivity contribution >= 4 is 32.7 Å². The van der Waals surface area contributed by atoms with Crippen molar-refractivity contribution in [3.05, 3.63) is 17.7 Å². The van der Waals surface area contributed by atoms with Gasteiger partial charge in [-0.05, 0) is 26.0 Å². The summed E-state index contributed by atoms with van der Waals surface area (Å²) in [4.78, 5) is 18.9. The molecule has 7 nitrogen and oxygen atoms in total. The topological polar surface area (TPSA) is 81.1 Å². The number of fused-ring (bicyclic) bond motifs is 2. The highest BCUT2D eigenvalue weighted by atomic mass is 32.1. The van der Waals surface area contributed by atoms with E-state index >= 15 is 0 Å². The molecule has 2 aromatic rings. The number of hydrogen-bond acceptors (Lipinski definition) is 8. The summed E-state index contributed by atoms with van der Waals surface area (Å²) in [5, 5.41) is 10.9. The zero-order valence-corrected chi connectivity index (χ0v) is 15.8. The molecule has 0 bridgehead atoms. The second kappa shape index (κ2) is 6.68. The molecule has 1 N–H and O–H groups in total. The van der Waals surface area contributed by atoms with Gasteiger partial charge in [-0.2, -0.15) is 0 Å². The van der Waals surface area contributed by atoms with Crippen molar-refractivity contribution in [1.29, 1.82) is 0 Å². The smallest absolute Gasteiger partial charge is 0.338 e. The van der Waals surface area contributed by atoms with Crippen LogP contribution in [0.25, 0.3) is 10.2 Å². The van der Waals surface area contributed by atoms with Crippen molar-refractivity contribution in [1.82, 2.24) is 4.98 Å². The Morgan fingerprint density at radius 1 is 1.42 bits per heavy atom. The third kappa shape index (κ3) is 3.02. The molecule has 2 fully saturated rings. The van der Waals surface area contributed by atoms with Crippen LogP contribution in [0.1, 0.15) is 24.2 Å². The van der Waals surface area contributed by atoms with Crippen molar-refractivity contribution in [2.24, 2.45) is 5.92 Å². The number of methoxy groups -OCH3 is 1. The fraction of sp³-hybridized carbons (Fsp3) is 0.556. The highest BCUT2D eigenvalue weighted by Crippen LogP contribution is 2.39. The van der Waals surface area contributed by atoms with Crippen LogP contribution in [-0.2, 0) is 9.47 Å². The van der Waals surface area contributed by atoms with Crippen LogP contribution >= 0.6 is 11.3 Å². The van der Waals surface area contributed by atoms with Gasteiger partial charge in [-0.1, -0.05) is 11.3 Å². The molecular weight excluding hydrogens is 356 g/mol. The Labute approximate surface area is 155 Å². The number of thiazole rings is 1. The normalized spacial score (nSPS) is 25.1. The van der Waals surface area contributed by atoms with E-state index in [1.807, 2.05) is 13.8 Å². The Balaban J connectivity index is 1.70. The monoisotopic (exact) mass is 378 g/mol. The highest BCUT2D eigenvalue weighted by Gasteiger charge is 2.44. The van der Waals surface area contributed by atoms with E-state index in [-0.39, 0.29) is 18.1 Å². The molecule has 0 amide bonds. The lowest BCUT2D eigenvalue weighted by Crippen LogP contribution is -2.25. The molecule has 140 valence electrons. The first-order valence-electron chi connectivity index (χ1n) is 8.70. The van der Waals surface area contributed by atoms with Gasteiger partial charge in [-0.25, -0.2) is 9.78 Å². The molecule has 2 aliphatic rings. The van der Waals surface area contributed by atoms with Gasteiger partial charge in [0.25, 0.3) is 0 Å². The number of carbonyl (C=O) groups excluding carboxylic acids is 1. The lowest BCUT2D eigenvalue weighted by Gasteiger charge is -2.16. The van der Waals surface area contributed by atoms with E-state index in [4.69, 9.17) is 19.2 Å². The number of carbonyl (C=O) groups is 1. The summed E-state index contributed by atoms with van der Waals surface area (Å²) < 4.78 is 17.3. The van der Waals surface area contributed by atoms with Gasteiger partial charge in [0.1, 0.15) is 11.3 Å². The molecule has 2 aliphatic heterocycles. The van der Waals surface area contributed by atoms with E-state index in [1.54, 1.807) is 12.1 Å². The molecule has 1 aromatic carbocycles. The first-order chi connectivity index (χ1) is 12.5. The van der Waals surface area contributed by atoms with Gasteiger partial charge >= 0.3 is 5.97 Å². The minimum atomic E-state index is -0.412. The van der Waals surface area contributed by atoms with Crippen molar-refractivity contribution in [2.45, 2.75) is 32.2 Å². The van der Waals surface area contributed by atoms with E-state index in [0.29, 0.717) is 24.5 Å². The van der Waals surface area contributed by atoms with Crippen molar-refractivity contribution in [3.8, 4) is 5.75 Å². The molecule has 0 radical (unpaired) electrons. The van der Waals surface area contributed by atoms with Crippen molar-refractivity contribution in [2.75, 3.05) is 31.7 Å². The number of benzene rings is 1. The molecule has 26 heavy (non-hydrogen) atoms. The summed E-state index contributed by atoms with van der Waals surface area (Å²) >= 11 is 1.51. The van der Waals surface area contributed by atoms with Crippen LogP contribution in [0.2, 0.25) is 0 Å². The number of aliphatic hydroxyl groups is 1. The Morgan fingerprint density at radius 2 is 2.23 bits per heavy atom. The van der Waals surface area contributed by atoms with Gasteiger partial charge in [0.2, 0.25) is 0 Å². The quantitative estimate of drug-likeness (QED) is 0.816. The van der Waals surface area contributed by atoms with Crippen LogP contribution in [0.3, 0.4) is 0 Å².